The van der Waals surface area contributed by atoms with Crippen LogP contribution in [0.2, 0.25) is 6.04 Å². The van der Waals surface area contributed by atoms with Crippen molar-refractivity contribution in [3.05, 3.63) is 0 Å². The summed E-state index contributed by atoms with van der Waals surface area (Å²) in [5.41, 5.74) is 0. The van der Waals surface area contributed by atoms with E-state index in [1.807, 2.05) is 0 Å². The van der Waals surface area contributed by atoms with Gasteiger partial charge in [-0.15, -0.1) is 0 Å². The molecule has 0 N–H and O–H groups in total. The van der Waals surface area contributed by atoms with Crippen molar-refractivity contribution >= 4 is 26.4 Å². The van der Waals surface area contributed by atoms with Gasteiger partial charge in [0.2, 0.25) is 0 Å². The highest BCUT2D eigenvalue weighted by Gasteiger charge is 2.05. The molecule has 0 saturated carbocycles. The fourth-order valence-corrected chi connectivity index (χ4v) is 3.13. The molecule has 0 saturated heterocycles. The lowest BCUT2D eigenvalue weighted by Crippen LogP contribution is -2.21. The molecular formula is C7H16O3SSi. The Morgan fingerprint density at radius 2 is 2.08 bits per heavy atom. The summed E-state index contributed by atoms with van der Waals surface area (Å²) >= 11 is 1.38. The SMILES string of the molecule is COC(OC)[SiH2]CCSC(C)=O. The molecule has 0 aromatic carbocycles. The van der Waals surface area contributed by atoms with E-state index in [-0.39, 0.29) is 20.5 Å². The monoisotopic (exact) mass is 208 g/mol. The van der Waals surface area contributed by atoms with Crippen LogP contribution in [-0.2, 0) is 14.3 Å². The zero-order valence-electron chi connectivity index (χ0n) is 7.83. The lowest BCUT2D eigenvalue weighted by atomic mass is 10.9. The first-order valence-corrected chi connectivity index (χ1v) is 6.70. The molecule has 0 heterocycles. The number of ether oxygens (including phenoxy) is 2. The molecule has 0 aliphatic rings. The molecule has 5 heteroatoms. The Morgan fingerprint density at radius 1 is 1.50 bits per heavy atom. The summed E-state index contributed by atoms with van der Waals surface area (Å²) in [4.78, 5) is 10.5. The Hall–Kier alpha value is 0.157. The molecule has 0 amide bonds. The predicted octanol–water partition coefficient (Wildman–Crippen LogP) is 0.430. The molecule has 0 aliphatic heterocycles. The maximum absolute atomic E-state index is 10.5. The van der Waals surface area contributed by atoms with Crippen molar-refractivity contribution in [3.63, 3.8) is 0 Å². The fourth-order valence-electron chi connectivity index (χ4n) is 0.798. The van der Waals surface area contributed by atoms with Crippen molar-refractivity contribution in [2.75, 3.05) is 20.0 Å². The molecule has 0 aromatic heterocycles. The minimum Gasteiger partial charge on any atom is -0.360 e. The summed E-state index contributed by atoms with van der Waals surface area (Å²) in [6, 6.07) is 1.08. The number of carbonyl (C=O) groups is 1. The summed E-state index contributed by atoms with van der Waals surface area (Å²) < 4.78 is 10.1. The average molecular weight is 208 g/mol. The molecule has 0 radical (unpaired) electrons. The molecule has 0 rings (SSSR count). The molecule has 0 bridgehead atoms. The predicted molar refractivity (Wildman–Crippen MR) is 54.3 cm³/mol. The highest BCUT2D eigenvalue weighted by molar-refractivity contribution is 8.13. The third-order valence-corrected chi connectivity index (χ3v) is 4.73. The van der Waals surface area contributed by atoms with Gasteiger partial charge in [0.1, 0.15) is 5.91 Å². The quantitative estimate of drug-likeness (QED) is 0.360. The Kier molecular flexibility index (Phi) is 7.89. The number of thioether (sulfide) groups is 1. The number of hydrogen-bond donors (Lipinski definition) is 0. The van der Waals surface area contributed by atoms with Crippen LogP contribution in [-0.4, -0.2) is 40.5 Å². The van der Waals surface area contributed by atoms with E-state index in [0.29, 0.717) is 0 Å². The number of methoxy groups -OCH3 is 2. The standard InChI is InChI=1S/C7H16O3SSi/c1-6(8)11-4-5-12-7(9-2)10-3/h7H,4-5,12H2,1-3H3. The van der Waals surface area contributed by atoms with Gasteiger partial charge in [-0.2, -0.15) is 0 Å². The lowest BCUT2D eigenvalue weighted by molar-refractivity contribution is -0.109. The molecule has 0 atom stereocenters. The van der Waals surface area contributed by atoms with Gasteiger partial charge in [-0.3, -0.25) is 4.79 Å². The maximum atomic E-state index is 10.5. The van der Waals surface area contributed by atoms with Crippen LogP contribution >= 0.6 is 11.8 Å². The first-order valence-electron chi connectivity index (χ1n) is 3.89. The second-order valence-corrected chi connectivity index (χ2v) is 5.61. The molecule has 0 unspecified atom stereocenters. The summed E-state index contributed by atoms with van der Waals surface area (Å²) in [6.07, 6.45) is 0. The van der Waals surface area contributed by atoms with E-state index in [0.717, 1.165) is 11.8 Å². The normalized spacial score (nSPS) is 11.7. The van der Waals surface area contributed by atoms with Gasteiger partial charge in [-0.1, -0.05) is 11.8 Å². The van der Waals surface area contributed by atoms with Crippen LogP contribution in [0.4, 0.5) is 0 Å². The maximum Gasteiger partial charge on any atom is 0.185 e. The summed E-state index contributed by atoms with van der Waals surface area (Å²) in [6.45, 7) is 1.59. The van der Waals surface area contributed by atoms with Crippen LogP contribution in [0.3, 0.4) is 0 Å². The number of carbonyl (C=O) groups excluding carboxylic acids is 1. The second-order valence-electron chi connectivity index (χ2n) is 2.38. The second kappa shape index (κ2) is 7.79. The zero-order chi connectivity index (χ0) is 9.40. The van der Waals surface area contributed by atoms with Gasteiger partial charge in [-0.25, -0.2) is 0 Å². The minimum atomic E-state index is -0.335. The van der Waals surface area contributed by atoms with Gasteiger partial charge in [0.15, 0.2) is 5.12 Å². The molecule has 0 aromatic rings. The molecule has 0 spiro atoms. The first-order chi connectivity index (χ1) is 5.70. The molecule has 0 aliphatic carbocycles. The van der Waals surface area contributed by atoms with E-state index in [1.165, 1.54) is 11.8 Å². The smallest absolute Gasteiger partial charge is 0.185 e. The van der Waals surface area contributed by atoms with Gasteiger partial charge < -0.3 is 9.47 Å². The van der Waals surface area contributed by atoms with E-state index in [2.05, 4.69) is 0 Å². The lowest BCUT2D eigenvalue weighted by Gasteiger charge is -2.11. The zero-order valence-corrected chi connectivity index (χ0v) is 10.1. The largest absolute Gasteiger partial charge is 0.360 e. The van der Waals surface area contributed by atoms with Gasteiger partial charge in [0, 0.05) is 21.1 Å². The molecule has 12 heavy (non-hydrogen) atoms. The Morgan fingerprint density at radius 3 is 2.50 bits per heavy atom. The number of hydrogen-bond acceptors (Lipinski definition) is 4. The summed E-state index contributed by atoms with van der Waals surface area (Å²) in [7, 11) is 2.97. The van der Waals surface area contributed by atoms with Gasteiger partial charge in [0.25, 0.3) is 0 Å². The highest BCUT2D eigenvalue weighted by Crippen LogP contribution is 2.04. The molecule has 0 fully saturated rings. The average Bonchev–Trinajstić information content (AvgIpc) is 2.04. The summed E-state index contributed by atoms with van der Waals surface area (Å²) in [5.74, 6) is 0.919. The van der Waals surface area contributed by atoms with Crippen molar-refractivity contribution in [3.8, 4) is 0 Å². The van der Waals surface area contributed by atoms with E-state index in [9.17, 15) is 4.79 Å². The van der Waals surface area contributed by atoms with E-state index in [1.54, 1.807) is 21.1 Å². The Labute approximate surface area is 80.0 Å². The fraction of sp³-hybridized carbons (Fsp3) is 0.857. The topological polar surface area (TPSA) is 35.5 Å². The van der Waals surface area contributed by atoms with Crippen LogP contribution in [0.1, 0.15) is 6.92 Å². The van der Waals surface area contributed by atoms with Crippen LogP contribution in [0.25, 0.3) is 0 Å². The van der Waals surface area contributed by atoms with Crippen LogP contribution in [0, 0.1) is 0 Å². The van der Waals surface area contributed by atoms with Crippen molar-refractivity contribution in [1.82, 2.24) is 0 Å². The third-order valence-electron chi connectivity index (χ3n) is 1.42. The van der Waals surface area contributed by atoms with E-state index >= 15 is 0 Å². The van der Waals surface area contributed by atoms with Crippen molar-refractivity contribution in [1.29, 1.82) is 0 Å². The highest BCUT2D eigenvalue weighted by atomic mass is 32.2. The van der Waals surface area contributed by atoms with Crippen LogP contribution in [0.15, 0.2) is 0 Å². The van der Waals surface area contributed by atoms with Crippen molar-refractivity contribution < 1.29 is 14.3 Å². The van der Waals surface area contributed by atoms with E-state index in [4.69, 9.17) is 9.47 Å². The van der Waals surface area contributed by atoms with Crippen molar-refractivity contribution in [2.45, 2.75) is 18.9 Å². The van der Waals surface area contributed by atoms with Crippen molar-refractivity contribution in [2.24, 2.45) is 0 Å². The Bertz CT molecular complexity index is 128. The number of rotatable bonds is 6. The molecular weight excluding hydrogens is 192 g/mol. The molecule has 72 valence electrons. The van der Waals surface area contributed by atoms with Crippen LogP contribution in [0.5, 0.6) is 0 Å². The van der Waals surface area contributed by atoms with Gasteiger partial charge in [-0.05, 0) is 11.8 Å². The van der Waals surface area contributed by atoms with Gasteiger partial charge in [0.05, 0.1) is 9.52 Å². The Balaban J connectivity index is 3.23. The minimum absolute atomic E-state index is 0.0116. The van der Waals surface area contributed by atoms with Crippen LogP contribution < -0.4 is 0 Å². The first kappa shape index (κ1) is 12.2. The van der Waals surface area contributed by atoms with Gasteiger partial charge >= 0.3 is 0 Å². The van der Waals surface area contributed by atoms with E-state index < -0.39 is 0 Å². The third kappa shape index (κ3) is 6.84. The summed E-state index contributed by atoms with van der Waals surface area (Å²) in [5, 5.41) is 0.190. The molecule has 3 nitrogen and oxygen atoms in total.